The molecule has 0 radical (unpaired) electrons. The Morgan fingerprint density at radius 2 is 1.98 bits per heavy atom. The molecule has 4 aromatic rings. The van der Waals surface area contributed by atoms with Gasteiger partial charge < -0.3 is 25.0 Å². The van der Waals surface area contributed by atoms with Crippen LogP contribution in [0.3, 0.4) is 0 Å². The second-order valence-corrected chi connectivity index (χ2v) is 14.1. The number of alkyl halides is 2. The number of hydrogen-bond acceptors (Lipinski definition) is 8. The number of fused-ring (bicyclic) bond motifs is 3. The average molecular weight is 677 g/mol. The van der Waals surface area contributed by atoms with Crippen LogP contribution >= 0.6 is 0 Å². The number of benzene rings is 2. The fraction of sp³-hybridized carbons (Fsp3) is 0.486. The molecule has 12 heteroatoms. The van der Waals surface area contributed by atoms with Gasteiger partial charge in [-0.05, 0) is 69.3 Å². The molecule has 258 valence electrons. The number of rotatable bonds is 6. The summed E-state index contributed by atoms with van der Waals surface area (Å²) < 4.78 is 66.9. The van der Waals surface area contributed by atoms with Gasteiger partial charge in [0.05, 0.1) is 23.3 Å². The summed E-state index contributed by atoms with van der Waals surface area (Å²) >= 11 is 0. The SMILES string of the molecule is C#Cc1c(F)ccc2cc(O)cc(-c3nc4c5c(nc(OC[C@]6(C)CN(C)CC[C@@H]6C(F)F)nc5c3F)N3C[C@@H](CC)NC[C@H]3CCC4)c12. The molecule has 2 aromatic carbocycles. The Morgan fingerprint density at radius 1 is 1.16 bits per heavy atom. The van der Waals surface area contributed by atoms with Crippen LogP contribution in [0.25, 0.3) is 32.9 Å². The number of terminal acetylenes is 1. The zero-order valence-corrected chi connectivity index (χ0v) is 27.9. The smallest absolute Gasteiger partial charge is 0.319 e. The summed E-state index contributed by atoms with van der Waals surface area (Å²) in [5.74, 6) is 0.362. The third-order valence-electron chi connectivity index (χ3n) is 10.7. The van der Waals surface area contributed by atoms with Crippen LogP contribution in [0.1, 0.15) is 50.8 Å². The predicted molar refractivity (Wildman–Crippen MR) is 181 cm³/mol. The number of piperazine rings is 1. The molecule has 4 atom stereocenters. The number of aromatic hydroxyl groups is 1. The van der Waals surface area contributed by atoms with Gasteiger partial charge in [-0.2, -0.15) is 9.97 Å². The number of anilines is 1. The van der Waals surface area contributed by atoms with Gasteiger partial charge in [-0.15, -0.1) is 6.42 Å². The van der Waals surface area contributed by atoms with Crippen molar-refractivity contribution in [3.05, 3.63) is 47.2 Å². The highest BCUT2D eigenvalue weighted by Crippen LogP contribution is 2.43. The van der Waals surface area contributed by atoms with E-state index in [1.54, 1.807) is 6.92 Å². The van der Waals surface area contributed by atoms with Gasteiger partial charge in [0.25, 0.3) is 0 Å². The lowest BCUT2D eigenvalue weighted by molar-refractivity contribution is -0.0679. The largest absolute Gasteiger partial charge is 0.508 e. The highest BCUT2D eigenvalue weighted by molar-refractivity contribution is 6.03. The first-order chi connectivity index (χ1) is 23.5. The highest BCUT2D eigenvalue weighted by atomic mass is 19.3. The molecule has 0 spiro atoms. The Labute approximate surface area is 282 Å². The van der Waals surface area contributed by atoms with E-state index in [9.17, 15) is 13.9 Å². The minimum atomic E-state index is -2.52. The van der Waals surface area contributed by atoms with Gasteiger partial charge >= 0.3 is 6.01 Å². The Hall–Kier alpha value is -4.21. The molecule has 5 heterocycles. The number of phenolic OH excluding ortho intramolecular Hbond substituents is 1. The van der Waals surface area contributed by atoms with E-state index >= 15 is 8.78 Å². The third kappa shape index (κ3) is 5.91. The fourth-order valence-electron chi connectivity index (χ4n) is 8.08. The van der Waals surface area contributed by atoms with Crippen molar-refractivity contribution in [3.8, 4) is 35.4 Å². The number of phenols is 1. The quantitative estimate of drug-likeness (QED) is 0.182. The third-order valence-corrected chi connectivity index (χ3v) is 10.7. The van der Waals surface area contributed by atoms with E-state index in [1.165, 1.54) is 24.3 Å². The summed E-state index contributed by atoms with van der Waals surface area (Å²) in [5, 5.41) is 15.4. The van der Waals surface area contributed by atoms with Crippen LogP contribution in [-0.4, -0.2) is 83.3 Å². The second-order valence-electron chi connectivity index (χ2n) is 14.1. The number of nitrogens with one attached hydrogen (secondary N) is 1. The molecule has 2 aromatic heterocycles. The average Bonchev–Trinajstić information content (AvgIpc) is 3.07. The molecule has 0 amide bonds. The molecule has 0 aliphatic carbocycles. The van der Waals surface area contributed by atoms with E-state index in [0.717, 1.165) is 25.8 Å². The van der Waals surface area contributed by atoms with E-state index in [4.69, 9.17) is 21.1 Å². The maximum Gasteiger partial charge on any atom is 0.319 e. The summed E-state index contributed by atoms with van der Waals surface area (Å²) in [6.07, 6.45) is 6.49. The Morgan fingerprint density at radius 3 is 2.73 bits per heavy atom. The lowest BCUT2D eigenvalue weighted by Gasteiger charge is -2.44. The van der Waals surface area contributed by atoms with E-state index < -0.39 is 29.4 Å². The summed E-state index contributed by atoms with van der Waals surface area (Å²) in [5.41, 5.74) is -0.461. The zero-order valence-electron chi connectivity index (χ0n) is 27.9. The van der Waals surface area contributed by atoms with Gasteiger partial charge in [0.2, 0.25) is 6.43 Å². The number of halogens is 4. The number of hydrogen-bond donors (Lipinski definition) is 2. The maximum atomic E-state index is 17.2. The van der Waals surface area contributed by atoms with E-state index in [1.807, 2.05) is 11.9 Å². The summed E-state index contributed by atoms with van der Waals surface area (Å²) in [6, 6.07) is 5.59. The van der Waals surface area contributed by atoms with Crippen LogP contribution in [0.15, 0.2) is 24.3 Å². The molecule has 0 unspecified atom stereocenters. The van der Waals surface area contributed by atoms with E-state index in [0.29, 0.717) is 54.8 Å². The molecule has 8 nitrogen and oxygen atoms in total. The first kappa shape index (κ1) is 33.3. The van der Waals surface area contributed by atoms with Crippen LogP contribution in [0.4, 0.5) is 23.4 Å². The predicted octanol–water partition coefficient (Wildman–Crippen LogP) is 6.31. The van der Waals surface area contributed by atoms with Gasteiger partial charge in [-0.25, -0.2) is 22.5 Å². The first-order valence-electron chi connectivity index (χ1n) is 16.9. The van der Waals surface area contributed by atoms with Crippen LogP contribution in [-0.2, 0) is 6.42 Å². The van der Waals surface area contributed by atoms with Gasteiger partial charge in [0.1, 0.15) is 28.6 Å². The monoisotopic (exact) mass is 676 g/mol. The molecule has 3 aliphatic heterocycles. The second kappa shape index (κ2) is 12.9. The molecular formula is C37H40F4N6O2. The van der Waals surface area contributed by atoms with Crippen molar-refractivity contribution < 1.29 is 27.4 Å². The van der Waals surface area contributed by atoms with Crippen LogP contribution in [0, 0.1) is 35.3 Å². The number of aryl methyl sites for hydroxylation is 1. The Kier molecular flexibility index (Phi) is 8.78. The highest BCUT2D eigenvalue weighted by Gasteiger charge is 2.45. The van der Waals surface area contributed by atoms with Crippen LogP contribution in [0.2, 0.25) is 0 Å². The van der Waals surface area contributed by atoms with E-state index in [2.05, 4.69) is 28.0 Å². The van der Waals surface area contributed by atoms with E-state index in [-0.39, 0.29) is 58.2 Å². The molecule has 49 heavy (non-hydrogen) atoms. The number of likely N-dealkylation sites (tertiary alicyclic amines) is 1. The van der Waals surface area contributed by atoms with Gasteiger partial charge in [0.15, 0.2) is 5.82 Å². The van der Waals surface area contributed by atoms with Crippen molar-refractivity contribution in [2.45, 2.75) is 64.5 Å². The maximum absolute atomic E-state index is 17.2. The number of piperidine rings is 1. The topological polar surface area (TPSA) is 86.6 Å². The molecule has 2 fully saturated rings. The molecular weight excluding hydrogens is 636 g/mol. The van der Waals surface area contributed by atoms with Gasteiger partial charge in [-0.3, -0.25) is 0 Å². The van der Waals surface area contributed by atoms with Crippen molar-refractivity contribution in [1.82, 2.24) is 25.2 Å². The minimum absolute atomic E-state index is 0.0429. The number of ether oxygens (including phenoxy) is 1. The van der Waals surface area contributed by atoms with Crippen molar-refractivity contribution in [2.24, 2.45) is 11.3 Å². The zero-order chi connectivity index (χ0) is 34.6. The van der Waals surface area contributed by atoms with Crippen molar-refractivity contribution in [1.29, 1.82) is 0 Å². The molecule has 2 N–H and O–H groups in total. The molecule has 0 saturated carbocycles. The molecule has 2 saturated heterocycles. The van der Waals surface area contributed by atoms with Gasteiger partial charge in [0, 0.05) is 54.0 Å². The normalized spacial score (nSPS) is 24.5. The van der Waals surface area contributed by atoms with Gasteiger partial charge in [-0.1, -0.05) is 25.8 Å². The lowest BCUT2D eigenvalue weighted by atomic mass is 9.73. The lowest BCUT2D eigenvalue weighted by Crippen LogP contribution is -2.57. The molecule has 3 aliphatic rings. The molecule has 0 bridgehead atoms. The fourth-order valence-corrected chi connectivity index (χ4v) is 8.08. The number of nitrogens with zero attached hydrogens (tertiary/aromatic N) is 5. The van der Waals surface area contributed by atoms with Crippen molar-refractivity contribution in [2.75, 3.05) is 44.7 Å². The standard InChI is InChI=1S/C37H40F4N6O2/c1-5-21-17-47-22(16-42-21)8-7-9-28-30-33(44-36(45-35(30)47)49-19-37(3)18-46(4)13-12-26(37)34(40)41)31(39)32(43-28)25-15-23(48)14-20-10-11-27(38)24(6-2)29(20)25/h2,10-11,14-15,21-22,26,34,42,48H,5,7-9,12-13,16-19H2,1,3-4H3/t21-,22-,26-,37+/m1/s1. The summed E-state index contributed by atoms with van der Waals surface area (Å²) in [6.45, 7) is 6.09. The van der Waals surface area contributed by atoms with Crippen LogP contribution < -0.4 is 15.0 Å². The Balaban J connectivity index is 1.44. The number of pyridine rings is 1. The van der Waals surface area contributed by atoms with Crippen molar-refractivity contribution >= 4 is 27.5 Å². The number of aromatic nitrogens is 3. The Bertz CT molecular complexity index is 1970. The first-order valence-corrected chi connectivity index (χ1v) is 16.9. The molecule has 7 rings (SSSR count). The summed E-state index contributed by atoms with van der Waals surface area (Å²) in [4.78, 5) is 18.5. The minimum Gasteiger partial charge on any atom is -0.508 e. The van der Waals surface area contributed by atoms with Crippen LogP contribution in [0.5, 0.6) is 11.8 Å². The van der Waals surface area contributed by atoms with Crippen molar-refractivity contribution in [3.63, 3.8) is 0 Å². The summed E-state index contributed by atoms with van der Waals surface area (Å²) in [7, 11) is 1.89.